The largest absolute Gasteiger partial charge is 0.480 e. The molecule has 5 heteroatoms. The monoisotopic (exact) mass is 239 g/mol. The Morgan fingerprint density at radius 1 is 1.38 bits per heavy atom. The maximum atomic E-state index is 10.8. The Morgan fingerprint density at radius 3 is 2.50 bits per heavy atom. The minimum absolute atomic E-state index is 0.318. The Morgan fingerprint density at radius 2 is 2.00 bits per heavy atom. The number of carbonyl (C=O) groups excluding carboxylic acids is 1. The molecule has 0 aliphatic heterocycles. The molecule has 1 atom stereocenters. The molecule has 1 amide bonds. The lowest BCUT2D eigenvalue weighted by atomic mass is 10.3. The second-order valence-corrected chi connectivity index (χ2v) is 4.31. The maximum Gasteiger partial charge on any atom is 0.327 e. The van der Waals surface area contributed by atoms with E-state index < -0.39 is 12.0 Å². The van der Waals surface area contributed by atoms with Gasteiger partial charge in [0.1, 0.15) is 6.04 Å². The number of carbonyl (C=O) groups is 2. The normalized spacial score (nSPS) is 11.8. The number of amides is 1. The molecule has 86 valence electrons. The van der Waals surface area contributed by atoms with Crippen molar-refractivity contribution in [1.29, 1.82) is 0 Å². The van der Waals surface area contributed by atoms with Gasteiger partial charge in [-0.15, -0.1) is 11.8 Å². The molecule has 1 rings (SSSR count). The standard InChI is InChI=1S/C11H13NO3S/c1-8(13)12-10(11(14)15)7-16-9-5-3-2-4-6-9/h2-6,10H,7H2,1H3,(H,12,13)(H,14,15). The molecular weight excluding hydrogens is 226 g/mol. The topological polar surface area (TPSA) is 66.4 Å². The van der Waals surface area contributed by atoms with E-state index >= 15 is 0 Å². The summed E-state index contributed by atoms with van der Waals surface area (Å²) >= 11 is 1.40. The van der Waals surface area contributed by atoms with Crippen LogP contribution in [0.3, 0.4) is 0 Å². The van der Waals surface area contributed by atoms with Crippen LogP contribution in [0.15, 0.2) is 35.2 Å². The maximum absolute atomic E-state index is 10.8. The molecule has 1 aromatic carbocycles. The van der Waals surface area contributed by atoms with Crippen molar-refractivity contribution in [2.24, 2.45) is 0 Å². The number of carboxylic acid groups (broad SMARTS) is 1. The van der Waals surface area contributed by atoms with Crippen LogP contribution in [0.4, 0.5) is 0 Å². The number of hydrogen-bond donors (Lipinski definition) is 2. The number of aliphatic carboxylic acids is 1. The Bertz CT molecular complexity index is 367. The predicted octanol–water partition coefficient (Wildman–Crippen LogP) is 1.37. The van der Waals surface area contributed by atoms with Crippen LogP contribution in [0, 0.1) is 0 Å². The zero-order valence-electron chi connectivity index (χ0n) is 8.84. The minimum Gasteiger partial charge on any atom is -0.480 e. The van der Waals surface area contributed by atoms with E-state index in [1.807, 2.05) is 30.3 Å². The molecule has 0 bridgehead atoms. The molecule has 0 saturated heterocycles. The molecule has 0 spiro atoms. The van der Waals surface area contributed by atoms with Gasteiger partial charge in [-0.25, -0.2) is 4.79 Å². The second kappa shape index (κ2) is 6.17. The summed E-state index contributed by atoms with van der Waals surface area (Å²) in [5.41, 5.74) is 0. The first-order valence-electron chi connectivity index (χ1n) is 4.77. The van der Waals surface area contributed by atoms with Crippen LogP contribution in [0.25, 0.3) is 0 Å². The summed E-state index contributed by atoms with van der Waals surface area (Å²) in [4.78, 5) is 22.6. The van der Waals surface area contributed by atoms with E-state index in [9.17, 15) is 9.59 Å². The Balaban J connectivity index is 2.50. The van der Waals surface area contributed by atoms with Gasteiger partial charge >= 0.3 is 5.97 Å². The highest BCUT2D eigenvalue weighted by atomic mass is 32.2. The van der Waals surface area contributed by atoms with Crippen molar-refractivity contribution in [3.05, 3.63) is 30.3 Å². The van der Waals surface area contributed by atoms with E-state index in [-0.39, 0.29) is 5.91 Å². The Labute approximate surface area is 98.0 Å². The fourth-order valence-corrected chi connectivity index (χ4v) is 2.05. The van der Waals surface area contributed by atoms with Gasteiger partial charge in [-0.3, -0.25) is 4.79 Å². The average molecular weight is 239 g/mol. The van der Waals surface area contributed by atoms with Crippen LogP contribution < -0.4 is 5.32 Å². The molecule has 16 heavy (non-hydrogen) atoms. The van der Waals surface area contributed by atoms with Crippen molar-refractivity contribution in [1.82, 2.24) is 5.32 Å². The molecule has 0 aliphatic rings. The lowest BCUT2D eigenvalue weighted by Gasteiger charge is -2.12. The molecule has 0 aliphatic carbocycles. The second-order valence-electron chi connectivity index (χ2n) is 3.22. The van der Waals surface area contributed by atoms with Gasteiger partial charge in [-0.1, -0.05) is 18.2 Å². The summed E-state index contributed by atoms with van der Waals surface area (Å²) in [5.74, 6) is -1.03. The molecule has 0 heterocycles. The quantitative estimate of drug-likeness (QED) is 0.762. The van der Waals surface area contributed by atoms with E-state index in [1.165, 1.54) is 18.7 Å². The number of thioether (sulfide) groups is 1. The summed E-state index contributed by atoms with van der Waals surface area (Å²) in [6.07, 6.45) is 0. The van der Waals surface area contributed by atoms with Crippen LogP contribution in [0.2, 0.25) is 0 Å². The van der Waals surface area contributed by atoms with Gasteiger partial charge in [-0.05, 0) is 12.1 Å². The van der Waals surface area contributed by atoms with E-state index in [0.717, 1.165) is 4.90 Å². The van der Waals surface area contributed by atoms with Gasteiger partial charge in [0, 0.05) is 17.6 Å². The highest BCUT2D eigenvalue weighted by molar-refractivity contribution is 7.99. The number of rotatable bonds is 5. The highest BCUT2D eigenvalue weighted by Crippen LogP contribution is 2.17. The number of benzene rings is 1. The Hall–Kier alpha value is -1.49. The van der Waals surface area contributed by atoms with Crippen molar-refractivity contribution in [2.45, 2.75) is 17.9 Å². The molecule has 1 aromatic rings. The van der Waals surface area contributed by atoms with Crippen LogP contribution in [0.5, 0.6) is 0 Å². The first-order valence-corrected chi connectivity index (χ1v) is 5.76. The third-order valence-electron chi connectivity index (χ3n) is 1.84. The zero-order valence-corrected chi connectivity index (χ0v) is 9.66. The Kier molecular flexibility index (Phi) is 4.85. The van der Waals surface area contributed by atoms with Gasteiger partial charge in [0.05, 0.1) is 0 Å². The van der Waals surface area contributed by atoms with Gasteiger partial charge in [0.25, 0.3) is 0 Å². The first-order chi connectivity index (χ1) is 7.59. The summed E-state index contributed by atoms with van der Waals surface area (Å²) in [6.45, 7) is 1.31. The smallest absolute Gasteiger partial charge is 0.327 e. The average Bonchev–Trinajstić information content (AvgIpc) is 2.25. The van der Waals surface area contributed by atoms with Gasteiger partial charge in [0.2, 0.25) is 5.91 Å². The van der Waals surface area contributed by atoms with Crippen molar-refractivity contribution in [3.8, 4) is 0 Å². The molecular formula is C11H13NO3S. The van der Waals surface area contributed by atoms with Crippen LogP contribution in [-0.4, -0.2) is 28.8 Å². The molecule has 0 radical (unpaired) electrons. The van der Waals surface area contributed by atoms with Crippen molar-refractivity contribution >= 4 is 23.6 Å². The lowest BCUT2D eigenvalue weighted by molar-refractivity contribution is -0.140. The van der Waals surface area contributed by atoms with Crippen molar-refractivity contribution < 1.29 is 14.7 Å². The molecule has 2 N–H and O–H groups in total. The predicted molar refractivity (Wildman–Crippen MR) is 62.4 cm³/mol. The number of nitrogens with one attached hydrogen (secondary N) is 1. The molecule has 1 unspecified atom stereocenters. The fourth-order valence-electron chi connectivity index (χ4n) is 1.12. The van der Waals surface area contributed by atoms with E-state index in [4.69, 9.17) is 5.11 Å². The third-order valence-corrected chi connectivity index (χ3v) is 2.94. The van der Waals surface area contributed by atoms with Gasteiger partial charge < -0.3 is 10.4 Å². The third kappa shape index (κ3) is 4.35. The van der Waals surface area contributed by atoms with Crippen molar-refractivity contribution in [3.63, 3.8) is 0 Å². The van der Waals surface area contributed by atoms with Gasteiger partial charge in [0.15, 0.2) is 0 Å². The molecule has 0 fully saturated rings. The summed E-state index contributed by atoms with van der Waals surface area (Å²) in [7, 11) is 0. The summed E-state index contributed by atoms with van der Waals surface area (Å²) < 4.78 is 0. The minimum atomic E-state index is -1.02. The summed E-state index contributed by atoms with van der Waals surface area (Å²) in [5, 5.41) is 11.3. The first kappa shape index (κ1) is 12.6. The SMILES string of the molecule is CC(=O)NC(CSc1ccccc1)C(=O)O. The van der Waals surface area contributed by atoms with Crippen LogP contribution in [-0.2, 0) is 9.59 Å². The zero-order chi connectivity index (χ0) is 12.0. The highest BCUT2D eigenvalue weighted by Gasteiger charge is 2.18. The number of carboxylic acids is 1. The van der Waals surface area contributed by atoms with Crippen molar-refractivity contribution in [2.75, 3.05) is 5.75 Å². The van der Waals surface area contributed by atoms with Crippen LogP contribution >= 0.6 is 11.8 Å². The van der Waals surface area contributed by atoms with E-state index in [0.29, 0.717) is 5.75 Å². The van der Waals surface area contributed by atoms with E-state index in [2.05, 4.69) is 5.32 Å². The molecule has 0 aromatic heterocycles. The van der Waals surface area contributed by atoms with Crippen LogP contribution in [0.1, 0.15) is 6.92 Å². The lowest BCUT2D eigenvalue weighted by Crippen LogP contribution is -2.41. The fraction of sp³-hybridized carbons (Fsp3) is 0.273. The molecule has 0 saturated carbocycles. The summed E-state index contributed by atoms with van der Waals surface area (Å²) in [6, 6.07) is 8.62. The molecule has 4 nitrogen and oxygen atoms in total. The van der Waals surface area contributed by atoms with Gasteiger partial charge in [-0.2, -0.15) is 0 Å². The van der Waals surface area contributed by atoms with E-state index in [1.54, 1.807) is 0 Å². The number of hydrogen-bond acceptors (Lipinski definition) is 3.